The van der Waals surface area contributed by atoms with Crippen LogP contribution in [0.3, 0.4) is 0 Å². The maximum absolute atomic E-state index is 12.7. The van der Waals surface area contributed by atoms with E-state index in [2.05, 4.69) is 0 Å². The lowest BCUT2D eigenvalue weighted by Gasteiger charge is -2.45. The van der Waals surface area contributed by atoms with E-state index >= 15 is 0 Å². The standard InChI is InChI=1S/C51H58O10/c1-3-29-23-39(30-10-8-11-33(52)21-30)31(24-44(29)54)20-32-22-37(59-35-12-4-5-13-35)26-41-48(55)43(28-58-50(32)41)47-45(16-9-19-57-2)61-51-38-18-17-34(53)25-40(38)46(27-42(51)49(47)56)60-36-14-6-7-15-36/h8,10-11,17-18,21-27,35-36,43,45,47-49,52-56H,3-7,9,12-16,19-20,28H2,1-2H3/t43-,45-,47-,48-,49+/m1/s1. The number of hydrogen-bond acceptors (Lipinski definition) is 10. The van der Waals surface area contributed by atoms with Gasteiger partial charge in [-0.3, -0.25) is 0 Å². The third-order valence-corrected chi connectivity index (χ3v) is 13.5. The molecule has 10 heteroatoms. The lowest BCUT2D eigenvalue weighted by atomic mass is 9.72. The molecule has 0 radical (unpaired) electrons. The summed E-state index contributed by atoms with van der Waals surface area (Å²) in [6.07, 6.45) is 7.97. The second-order valence-electron chi connectivity index (χ2n) is 17.5. The fourth-order valence-corrected chi connectivity index (χ4v) is 10.4. The van der Waals surface area contributed by atoms with Crippen LogP contribution >= 0.6 is 0 Å². The topological polar surface area (TPSA) is 147 Å². The van der Waals surface area contributed by atoms with Gasteiger partial charge < -0.3 is 49.2 Å². The smallest absolute Gasteiger partial charge is 0.133 e. The van der Waals surface area contributed by atoms with Gasteiger partial charge in [0.15, 0.2) is 0 Å². The van der Waals surface area contributed by atoms with Crippen molar-refractivity contribution in [2.45, 2.75) is 114 Å². The van der Waals surface area contributed by atoms with Crippen LogP contribution < -0.4 is 18.9 Å². The highest BCUT2D eigenvalue weighted by Gasteiger charge is 2.48. The quantitative estimate of drug-likeness (QED) is 0.0727. The fourth-order valence-electron chi connectivity index (χ4n) is 10.4. The molecule has 5 aromatic rings. The number of aromatic hydroxyl groups is 3. The minimum Gasteiger partial charge on any atom is -0.508 e. The second kappa shape index (κ2) is 17.7. The zero-order valence-corrected chi connectivity index (χ0v) is 35.1. The number of fused-ring (bicyclic) bond motifs is 4. The molecule has 5 atom stereocenters. The van der Waals surface area contributed by atoms with Crippen molar-refractivity contribution in [3.63, 3.8) is 0 Å². The van der Waals surface area contributed by atoms with Gasteiger partial charge >= 0.3 is 0 Å². The van der Waals surface area contributed by atoms with Crippen LogP contribution in [0.2, 0.25) is 0 Å². The number of phenols is 3. The Kier molecular flexibility index (Phi) is 11.9. The van der Waals surface area contributed by atoms with Crippen molar-refractivity contribution in [3.8, 4) is 51.4 Å². The van der Waals surface area contributed by atoms with Gasteiger partial charge in [-0.2, -0.15) is 0 Å². The Hall–Kier alpha value is -5.16. The predicted octanol–water partition coefficient (Wildman–Crippen LogP) is 10.00. The van der Waals surface area contributed by atoms with E-state index in [4.69, 9.17) is 23.7 Å². The van der Waals surface area contributed by atoms with Crippen molar-refractivity contribution in [1.82, 2.24) is 0 Å². The summed E-state index contributed by atoms with van der Waals surface area (Å²) >= 11 is 0. The normalized spacial score (nSPS) is 22.7. The Bertz CT molecular complexity index is 2360. The van der Waals surface area contributed by atoms with Crippen LogP contribution in [-0.2, 0) is 17.6 Å². The van der Waals surface area contributed by atoms with E-state index in [9.17, 15) is 25.5 Å². The van der Waals surface area contributed by atoms with Crippen molar-refractivity contribution in [2.75, 3.05) is 20.3 Å². The average molecular weight is 831 g/mol. The maximum atomic E-state index is 12.7. The zero-order valence-electron chi connectivity index (χ0n) is 35.1. The first kappa shape index (κ1) is 41.2. The molecule has 0 unspecified atom stereocenters. The first-order valence-corrected chi connectivity index (χ1v) is 22.3. The highest BCUT2D eigenvalue weighted by atomic mass is 16.5. The Morgan fingerprint density at radius 2 is 1.44 bits per heavy atom. The molecule has 2 saturated carbocycles. The van der Waals surface area contributed by atoms with Gasteiger partial charge in [0.25, 0.3) is 0 Å². The molecule has 10 nitrogen and oxygen atoms in total. The van der Waals surface area contributed by atoms with Gasteiger partial charge in [-0.1, -0.05) is 19.1 Å². The highest BCUT2D eigenvalue weighted by molar-refractivity contribution is 5.96. The summed E-state index contributed by atoms with van der Waals surface area (Å²) in [6.45, 7) is 2.63. The Morgan fingerprint density at radius 3 is 2.18 bits per heavy atom. The Labute approximate surface area is 357 Å². The monoisotopic (exact) mass is 830 g/mol. The first-order chi connectivity index (χ1) is 29.7. The molecule has 4 aliphatic rings. The van der Waals surface area contributed by atoms with E-state index in [0.29, 0.717) is 66.4 Å². The molecular formula is C51H58O10. The van der Waals surface area contributed by atoms with Gasteiger partial charge in [0, 0.05) is 59.4 Å². The number of hydrogen-bond donors (Lipinski definition) is 5. The van der Waals surface area contributed by atoms with Gasteiger partial charge in [0.2, 0.25) is 0 Å². The highest BCUT2D eigenvalue weighted by Crippen LogP contribution is 2.54. The largest absolute Gasteiger partial charge is 0.508 e. The lowest BCUT2D eigenvalue weighted by molar-refractivity contribution is -0.0884. The predicted molar refractivity (Wildman–Crippen MR) is 233 cm³/mol. The second-order valence-corrected chi connectivity index (χ2v) is 17.5. The molecule has 0 saturated heterocycles. The molecule has 2 heterocycles. The Morgan fingerprint density at radius 1 is 0.705 bits per heavy atom. The van der Waals surface area contributed by atoms with Gasteiger partial charge in [0.1, 0.15) is 46.4 Å². The molecule has 2 fully saturated rings. The van der Waals surface area contributed by atoms with Crippen LogP contribution in [0.4, 0.5) is 0 Å². The van der Waals surface area contributed by atoms with E-state index in [0.717, 1.165) is 90.0 Å². The number of aryl methyl sites for hydroxylation is 1. The van der Waals surface area contributed by atoms with Crippen LogP contribution in [0, 0.1) is 11.8 Å². The third-order valence-electron chi connectivity index (χ3n) is 13.5. The molecule has 9 rings (SSSR count). The molecule has 2 aliphatic heterocycles. The van der Waals surface area contributed by atoms with E-state index in [1.165, 1.54) is 0 Å². The van der Waals surface area contributed by atoms with Crippen molar-refractivity contribution in [3.05, 3.63) is 101 Å². The molecule has 322 valence electrons. The number of ether oxygens (including phenoxy) is 5. The number of aliphatic hydroxyl groups excluding tert-OH is 2. The Balaban J connectivity index is 1.12. The van der Waals surface area contributed by atoms with Crippen molar-refractivity contribution < 1.29 is 49.2 Å². The summed E-state index contributed by atoms with van der Waals surface area (Å²) < 4.78 is 32.4. The van der Waals surface area contributed by atoms with Crippen LogP contribution in [0.25, 0.3) is 21.9 Å². The van der Waals surface area contributed by atoms with Crippen molar-refractivity contribution >= 4 is 10.8 Å². The number of methoxy groups -OCH3 is 1. The number of rotatable bonds is 13. The minimum absolute atomic E-state index is 0.0484. The maximum Gasteiger partial charge on any atom is 0.133 e. The van der Waals surface area contributed by atoms with E-state index in [1.54, 1.807) is 37.4 Å². The fraction of sp³-hybridized carbons (Fsp3) is 0.451. The van der Waals surface area contributed by atoms with Crippen LogP contribution in [-0.4, -0.2) is 64.2 Å². The molecule has 0 bridgehead atoms. The molecule has 0 spiro atoms. The van der Waals surface area contributed by atoms with Crippen LogP contribution in [0.15, 0.2) is 72.8 Å². The van der Waals surface area contributed by atoms with Crippen LogP contribution in [0.1, 0.15) is 111 Å². The third kappa shape index (κ3) is 8.30. The molecule has 0 amide bonds. The zero-order chi connectivity index (χ0) is 42.2. The summed E-state index contributed by atoms with van der Waals surface area (Å²) in [5, 5.41) is 59.0. The molecule has 5 N–H and O–H groups in total. The first-order valence-electron chi connectivity index (χ1n) is 22.3. The number of aliphatic hydroxyl groups is 2. The van der Waals surface area contributed by atoms with Gasteiger partial charge in [-0.05, 0) is 154 Å². The number of benzene rings is 5. The molecule has 0 aromatic heterocycles. The van der Waals surface area contributed by atoms with Gasteiger partial charge in [0.05, 0.1) is 31.0 Å². The average Bonchev–Trinajstić information content (AvgIpc) is 3.97. The van der Waals surface area contributed by atoms with E-state index in [-0.39, 0.29) is 36.1 Å². The van der Waals surface area contributed by atoms with Crippen LogP contribution in [0.5, 0.6) is 40.2 Å². The number of phenolic OH excluding ortho intramolecular Hbond substituents is 3. The SMILES string of the molecule is CCc1cc(-c2cccc(O)c2)c(Cc2cc(OC3CCCC3)cc3c2OC[C@H]([C@@H]2[C@@H](CCCOC)Oc4c(cc(OC5CCCC5)c5cc(O)ccc45)[C@@H]2O)[C@@H]3O)cc1O. The summed E-state index contributed by atoms with van der Waals surface area (Å²) in [5.41, 5.74) is 5.32. The van der Waals surface area contributed by atoms with E-state index < -0.39 is 30.1 Å². The van der Waals surface area contributed by atoms with E-state index in [1.807, 2.05) is 49.4 Å². The minimum atomic E-state index is -1.04. The molecule has 61 heavy (non-hydrogen) atoms. The summed E-state index contributed by atoms with van der Waals surface area (Å²) in [6, 6.07) is 21.8. The summed E-state index contributed by atoms with van der Waals surface area (Å²) in [7, 11) is 1.67. The van der Waals surface area contributed by atoms with Gasteiger partial charge in [-0.15, -0.1) is 0 Å². The molecular weight excluding hydrogens is 773 g/mol. The summed E-state index contributed by atoms with van der Waals surface area (Å²) in [5.74, 6) is 1.69. The van der Waals surface area contributed by atoms with Crippen molar-refractivity contribution in [2.24, 2.45) is 11.8 Å². The summed E-state index contributed by atoms with van der Waals surface area (Å²) in [4.78, 5) is 0. The van der Waals surface area contributed by atoms with Gasteiger partial charge in [-0.25, -0.2) is 0 Å². The lowest BCUT2D eigenvalue weighted by Crippen LogP contribution is -2.46. The molecule has 2 aliphatic carbocycles. The van der Waals surface area contributed by atoms with Crippen molar-refractivity contribution in [1.29, 1.82) is 0 Å². The molecule has 5 aromatic carbocycles.